The van der Waals surface area contributed by atoms with Gasteiger partial charge in [0.25, 0.3) is 0 Å². The molecule has 10 heavy (non-hydrogen) atoms. The molecule has 0 fully saturated rings. The Kier molecular flexibility index (Phi) is 2.08. The topological polar surface area (TPSA) is 23.8 Å². The van der Waals surface area contributed by atoms with E-state index in [1.165, 1.54) is 4.88 Å². The van der Waals surface area contributed by atoms with E-state index in [0.717, 1.165) is 17.5 Å². The van der Waals surface area contributed by atoms with Gasteiger partial charge in [0.05, 0.1) is 5.56 Å². The van der Waals surface area contributed by atoms with Crippen LogP contribution in [0, 0.1) is 18.3 Å². The first kappa shape index (κ1) is 7.30. The summed E-state index contributed by atoms with van der Waals surface area (Å²) in [7, 11) is 0. The zero-order chi connectivity index (χ0) is 7.56. The van der Waals surface area contributed by atoms with Gasteiger partial charge >= 0.3 is 0 Å². The quantitative estimate of drug-likeness (QED) is 0.605. The Morgan fingerprint density at radius 2 is 2.40 bits per heavy atom. The lowest BCUT2D eigenvalue weighted by Crippen LogP contribution is -1.78. The molecule has 0 amide bonds. The van der Waals surface area contributed by atoms with Crippen LogP contribution in [-0.4, -0.2) is 0 Å². The molecule has 1 rings (SSSR count). The van der Waals surface area contributed by atoms with Gasteiger partial charge in [0.1, 0.15) is 6.07 Å². The summed E-state index contributed by atoms with van der Waals surface area (Å²) in [5.41, 5.74) is 2.00. The van der Waals surface area contributed by atoms with Crippen molar-refractivity contribution in [3.05, 3.63) is 21.4 Å². The average Bonchev–Trinajstić information content (AvgIpc) is 2.30. The molecule has 0 aromatic carbocycles. The molecule has 0 aliphatic carbocycles. The third kappa shape index (κ3) is 1.05. The lowest BCUT2D eigenvalue weighted by molar-refractivity contribution is 1.15. The highest BCUT2D eigenvalue weighted by Crippen LogP contribution is 2.20. The van der Waals surface area contributed by atoms with E-state index in [1.807, 2.05) is 12.3 Å². The number of aryl methyl sites for hydroxylation is 1. The van der Waals surface area contributed by atoms with Gasteiger partial charge in [0, 0.05) is 10.3 Å². The van der Waals surface area contributed by atoms with Crippen molar-refractivity contribution in [1.82, 2.24) is 0 Å². The molecule has 0 aliphatic heterocycles. The predicted octanol–water partition coefficient (Wildman–Crippen LogP) is 2.49. The zero-order valence-electron chi connectivity index (χ0n) is 6.14. The average molecular weight is 151 g/mol. The molecule has 0 unspecified atom stereocenters. The van der Waals surface area contributed by atoms with Gasteiger partial charge in [-0.3, -0.25) is 0 Å². The summed E-state index contributed by atoms with van der Waals surface area (Å²) in [6.45, 7) is 4.12. The van der Waals surface area contributed by atoms with Gasteiger partial charge in [-0.25, -0.2) is 0 Å². The van der Waals surface area contributed by atoms with E-state index in [1.54, 1.807) is 11.3 Å². The lowest BCUT2D eigenvalue weighted by atomic mass is 10.2. The van der Waals surface area contributed by atoms with Gasteiger partial charge < -0.3 is 0 Å². The first-order chi connectivity index (χ1) is 4.79. The molecule has 52 valence electrons. The van der Waals surface area contributed by atoms with Crippen LogP contribution in [0.2, 0.25) is 0 Å². The first-order valence-electron chi connectivity index (χ1n) is 3.26. The van der Waals surface area contributed by atoms with Crippen molar-refractivity contribution < 1.29 is 0 Å². The smallest absolute Gasteiger partial charge is 0.100 e. The second kappa shape index (κ2) is 2.85. The van der Waals surface area contributed by atoms with Gasteiger partial charge in [-0.2, -0.15) is 5.26 Å². The van der Waals surface area contributed by atoms with E-state index in [-0.39, 0.29) is 0 Å². The van der Waals surface area contributed by atoms with Gasteiger partial charge in [-0.15, -0.1) is 11.3 Å². The molecule has 0 radical (unpaired) electrons. The minimum atomic E-state index is 0.835. The summed E-state index contributed by atoms with van der Waals surface area (Å²) in [6.07, 6.45) is 1.04. The Balaban J connectivity index is 3.12. The summed E-state index contributed by atoms with van der Waals surface area (Å²) < 4.78 is 0. The van der Waals surface area contributed by atoms with E-state index < -0.39 is 0 Å². The van der Waals surface area contributed by atoms with Gasteiger partial charge in [-0.05, 0) is 18.9 Å². The molecular weight excluding hydrogens is 142 g/mol. The second-order valence-electron chi connectivity index (χ2n) is 2.16. The molecule has 1 nitrogen and oxygen atoms in total. The predicted molar refractivity (Wildman–Crippen MR) is 43.1 cm³/mol. The number of thiophene rings is 1. The maximum atomic E-state index is 8.58. The van der Waals surface area contributed by atoms with Crippen molar-refractivity contribution in [2.24, 2.45) is 0 Å². The van der Waals surface area contributed by atoms with Gasteiger partial charge in [-0.1, -0.05) is 6.92 Å². The molecule has 1 aromatic rings. The number of nitriles is 1. The summed E-state index contributed by atoms with van der Waals surface area (Å²) in [5.74, 6) is 0. The Morgan fingerprint density at radius 1 is 1.70 bits per heavy atom. The Hall–Kier alpha value is -0.810. The van der Waals surface area contributed by atoms with Crippen molar-refractivity contribution in [3.8, 4) is 6.07 Å². The molecule has 0 N–H and O–H groups in total. The standard InChI is InChI=1S/C8H9NS/c1-3-8-6(2)7(4-9)5-10-8/h5H,3H2,1-2H3. The number of nitrogens with zero attached hydrogens (tertiary/aromatic N) is 1. The van der Waals surface area contributed by atoms with Crippen molar-refractivity contribution in [1.29, 1.82) is 5.26 Å². The van der Waals surface area contributed by atoms with Crippen molar-refractivity contribution >= 4 is 11.3 Å². The van der Waals surface area contributed by atoms with Gasteiger partial charge in [0.2, 0.25) is 0 Å². The molecule has 1 aromatic heterocycles. The Morgan fingerprint density at radius 3 is 2.70 bits per heavy atom. The van der Waals surface area contributed by atoms with Crippen molar-refractivity contribution in [2.45, 2.75) is 20.3 Å². The molecule has 0 bridgehead atoms. The van der Waals surface area contributed by atoms with Crippen LogP contribution >= 0.6 is 11.3 Å². The molecule has 2 heteroatoms. The van der Waals surface area contributed by atoms with Crippen molar-refractivity contribution in [2.75, 3.05) is 0 Å². The molecular formula is C8H9NS. The Bertz CT molecular complexity index is 267. The third-order valence-corrected chi connectivity index (χ3v) is 2.82. The van der Waals surface area contributed by atoms with E-state index in [0.29, 0.717) is 0 Å². The fourth-order valence-electron chi connectivity index (χ4n) is 0.916. The summed E-state index contributed by atoms with van der Waals surface area (Å²) in [4.78, 5) is 1.33. The highest BCUT2D eigenvalue weighted by molar-refractivity contribution is 7.10. The van der Waals surface area contributed by atoms with E-state index in [4.69, 9.17) is 5.26 Å². The maximum Gasteiger partial charge on any atom is 0.100 e. The Labute approximate surface area is 64.9 Å². The van der Waals surface area contributed by atoms with E-state index in [9.17, 15) is 0 Å². The normalized spacial score (nSPS) is 9.30. The highest BCUT2D eigenvalue weighted by Gasteiger charge is 2.03. The van der Waals surface area contributed by atoms with Crippen LogP contribution in [0.1, 0.15) is 22.9 Å². The van der Waals surface area contributed by atoms with Crippen LogP contribution in [0.5, 0.6) is 0 Å². The van der Waals surface area contributed by atoms with Crippen molar-refractivity contribution in [3.63, 3.8) is 0 Å². The second-order valence-corrected chi connectivity index (χ2v) is 3.13. The monoisotopic (exact) mass is 151 g/mol. The van der Waals surface area contributed by atoms with Crippen LogP contribution in [0.25, 0.3) is 0 Å². The van der Waals surface area contributed by atoms with Crippen LogP contribution in [0.3, 0.4) is 0 Å². The highest BCUT2D eigenvalue weighted by atomic mass is 32.1. The maximum absolute atomic E-state index is 8.58. The van der Waals surface area contributed by atoms with Crippen LogP contribution in [0.4, 0.5) is 0 Å². The fraction of sp³-hybridized carbons (Fsp3) is 0.375. The molecule has 0 spiro atoms. The van der Waals surface area contributed by atoms with Crippen LogP contribution < -0.4 is 0 Å². The zero-order valence-corrected chi connectivity index (χ0v) is 6.96. The number of rotatable bonds is 1. The van der Waals surface area contributed by atoms with Gasteiger partial charge in [0.15, 0.2) is 0 Å². The minimum Gasteiger partial charge on any atom is -0.192 e. The largest absolute Gasteiger partial charge is 0.192 e. The fourth-order valence-corrected chi connectivity index (χ4v) is 1.86. The minimum absolute atomic E-state index is 0.835. The summed E-state index contributed by atoms with van der Waals surface area (Å²) in [6, 6.07) is 2.16. The van der Waals surface area contributed by atoms with E-state index in [2.05, 4.69) is 13.0 Å². The third-order valence-electron chi connectivity index (χ3n) is 1.58. The lowest BCUT2D eigenvalue weighted by Gasteiger charge is -1.90. The SMILES string of the molecule is CCc1scc(C#N)c1C. The summed E-state index contributed by atoms with van der Waals surface area (Å²) >= 11 is 1.68. The number of hydrogen-bond donors (Lipinski definition) is 0. The first-order valence-corrected chi connectivity index (χ1v) is 4.14. The molecule has 0 saturated carbocycles. The molecule has 0 atom stereocenters. The number of hydrogen-bond acceptors (Lipinski definition) is 2. The van der Waals surface area contributed by atoms with Crippen LogP contribution in [0.15, 0.2) is 5.38 Å². The van der Waals surface area contributed by atoms with Crippen LogP contribution in [-0.2, 0) is 6.42 Å². The molecule has 0 aliphatic rings. The molecule has 1 heterocycles. The van der Waals surface area contributed by atoms with E-state index >= 15 is 0 Å². The summed E-state index contributed by atoms with van der Waals surface area (Å²) in [5, 5.41) is 10.5. The molecule has 0 saturated heterocycles.